The third-order valence-corrected chi connectivity index (χ3v) is 3.54. The lowest BCUT2D eigenvalue weighted by Crippen LogP contribution is -2.28. The molecule has 0 aliphatic heterocycles. The Hall–Kier alpha value is -3.04. The summed E-state index contributed by atoms with van der Waals surface area (Å²) in [5, 5.41) is 4.74. The van der Waals surface area contributed by atoms with E-state index in [9.17, 15) is 27.6 Å². The lowest BCUT2D eigenvalue weighted by atomic mass is 10.1. The molecular formula is C16H17F3N4O3. The Balaban J connectivity index is 2.03. The second kappa shape index (κ2) is 7.89. The molecule has 0 bridgehead atoms. The van der Waals surface area contributed by atoms with Gasteiger partial charge in [-0.25, -0.2) is 4.79 Å². The second-order valence-electron chi connectivity index (χ2n) is 5.57. The summed E-state index contributed by atoms with van der Waals surface area (Å²) in [7, 11) is 0. The summed E-state index contributed by atoms with van der Waals surface area (Å²) in [6.07, 6.45) is -4.40. The van der Waals surface area contributed by atoms with Gasteiger partial charge in [-0.1, -0.05) is 12.1 Å². The minimum atomic E-state index is -4.39. The smallest absolute Gasteiger partial charge is 0.375 e. The second-order valence-corrected chi connectivity index (χ2v) is 5.57. The van der Waals surface area contributed by atoms with Crippen molar-refractivity contribution >= 4 is 17.3 Å². The van der Waals surface area contributed by atoms with Crippen molar-refractivity contribution in [3.05, 3.63) is 56.4 Å². The fourth-order valence-corrected chi connectivity index (χ4v) is 2.32. The van der Waals surface area contributed by atoms with Gasteiger partial charge in [-0.3, -0.25) is 14.6 Å². The number of aryl methyl sites for hydroxylation is 1. The number of carbonyl (C=O) groups is 1. The van der Waals surface area contributed by atoms with Gasteiger partial charge in [0.05, 0.1) is 11.4 Å². The molecule has 1 heterocycles. The van der Waals surface area contributed by atoms with E-state index in [2.05, 4.69) is 20.6 Å². The highest BCUT2D eigenvalue weighted by Gasteiger charge is 2.27. The number of halogens is 3. The molecule has 0 saturated heterocycles. The zero-order valence-electron chi connectivity index (χ0n) is 13.8. The van der Waals surface area contributed by atoms with Crippen molar-refractivity contribution < 1.29 is 18.0 Å². The van der Waals surface area contributed by atoms with E-state index in [4.69, 9.17) is 0 Å². The standard InChI is InChI=1S/C16H17F3N4O3/c1-9-10(14(25)23-15(26)21-9)6-7-13(24)22-12-5-3-2-4-11(12)20-8-16(17,18)19/h2-5,20H,6-8H2,1H3,(H,22,24)(H2,21,23,25,26). The quantitative estimate of drug-likeness (QED) is 0.623. The van der Waals surface area contributed by atoms with Gasteiger partial charge in [0, 0.05) is 17.7 Å². The molecule has 4 N–H and O–H groups in total. The van der Waals surface area contributed by atoms with Crippen LogP contribution in [0.5, 0.6) is 0 Å². The van der Waals surface area contributed by atoms with Crippen molar-refractivity contribution in [2.75, 3.05) is 17.2 Å². The number of H-pyrrole nitrogens is 2. The van der Waals surface area contributed by atoms with Gasteiger partial charge >= 0.3 is 11.9 Å². The Morgan fingerprint density at radius 3 is 2.38 bits per heavy atom. The van der Waals surface area contributed by atoms with Crippen LogP contribution in [0.1, 0.15) is 17.7 Å². The molecule has 2 aromatic rings. The molecule has 1 aromatic heterocycles. The molecule has 0 aliphatic carbocycles. The van der Waals surface area contributed by atoms with Crippen LogP contribution in [0.4, 0.5) is 24.5 Å². The summed E-state index contributed by atoms with van der Waals surface area (Å²) in [6, 6.07) is 6.00. The van der Waals surface area contributed by atoms with Crippen LogP contribution in [0.25, 0.3) is 0 Å². The predicted molar refractivity (Wildman–Crippen MR) is 90.4 cm³/mol. The number of aromatic nitrogens is 2. The zero-order valence-corrected chi connectivity index (χ0v) is 13.8. The highest BCUT2D eigenvalue weighted by atomic mass is 19.4. The van der Waals surface area contributed by atoms with E-state index < -0.39 is 29.9 Å². The van der Waals surface area contributed by atoms with Crippen LogP contribution in [-0.4, -0.2) is 28.6 Å². The first-order valence-corrected chi connectivity index (χ1v) is 7.67. The molecule has 2 rings (SSSR count). The minimum absolute atomic E-state index is 0.0714. The topological polar surface area (TPSA) is 107 Å². The van der Waals surface area contributed by atoms with Crippen LogP contribution in [0, 0.1) is 6.92 Å². The van der Waals surface area contributed by atoms with E-state index in [0.717, 1.165) is 0 Å². The van der Waals surface area contributed by atoms with Crippen LogP contribution >= 0.6 is 0 Å². The molecule has 140 valence electrons. The monoisotopic (exact) mass is 370 g/mol. The molecule has 1 amide bonds. The SMILES string of the molecule is Cc1[nH]c(=O)[nH]c(=O)c1CCC(=O)Nc1ccccc1NCC(F)(F)F. The van der Waals surface area contributed by atoms with E-state index in [1.54, 1.807) is 13.0 Å². The summed E-state index contributed by atoms with van der Waals surface area (Å²) >= 11 is 0. The summed E-state index contributed by atoms with van der Waals surface area (Å²) < 4.78 is 37.0. The van der Waals surface area contributed by atoms with Crippen molar-refractivity contribution in [3.63, 3.8) is 0 Å². The summed E-state index contributed by atoms with van der Waals surface area (Å²) in [5.41, 5.74) is -0.246. The predicted octanol–water partition coefficient (Wildman–Crippen LogP) is 1.92. The summed E-state index contributed by atoms with van der Waals surface area (Å²) in [4.78, 5) is 39.5. The van der Waals surface area contributed by atoms with Crippen LogP contribution in [0.15, 0.2) is 33.9 Å². The number of rotatable bonds is 6. The third kappa shape index (κ3) is 5.50. The molecule has 7 nitrogen and oxygen atoms in total. The molecule has 0 fully saturated rings. The van der Waals surface area contributed by atoms with Gasteiger partial charge in [-0.2, -0.15) is 13.2 Å². The highest BCUT2D eigenvalue weighted by molar-refractivity contribution is 5.94. The van der Waals surface area contributed by atoms with Gasteiger partial charge in [0.1, 0.15) is 6.54 Å². The van der Waals surface area contributed by atoms with Gasteiger partial charge in [0.2, 0.25) is 5.91 Å². The number of carbonyl (C=O) groups excluding carboxylic acids is 1. The number of anilines is 2. The molecule has 1 aromatic carbocycles. The lowest BCUT2D eigenvalue weighted by Gasteiger charge is -2.14. The van der Waals surface area contributed by atoms with Crippen LogP contribution in [0.3, 0.4) is 0 Å². The number of aromatic amines is 2. The number of para-hydroxylation sites is 2. The third-order valence-electron chi connectivity index (χ3n) is 3.54. The maximum atomic E-state index is 12.3. The Morgan fingerprint density at radius 1 is 1.12 bits per heavy atom. The highest BCUT2D eigenvalue weighted by Crippen LogP contribution is 2.23. The average molecular weight is 370 g/mol. The van der Waals surface area contributed by atoms with E-state index in [0.29, 0.717) is 5.69 Å². The van der Waals surface area contributed by atoms with E-state index in [-0.39, 0.29) is 29.8 Å². The Labute approximate surface area is 145 Å². The van der Waals surface area contributed by atoms with E-state index in [1.807, 2.05) is 0 Å². The van der Waals surface area contributed by atoms with E-state index in [1.165, 1.54) is 18.2 Å². The molecule has 10 heteroatoms. The largest absolute Gasteiger partial charge is 0.405 e. The van der Waals surface area contributed by atoms with Crippen molar-refractivity contribution in [2.45, 2.75) is 25.9 Å². The fourth-order valence-electron chi connectivity index (χ4n) is 2.32. The number of nitrogens with one attached hydrogen (secondary N) is 4. The fraction of sp³-hybridized carbons (Fsp3) is 0.312. The number of benzene rings is 1. The van der Waals surface area contributed by atoms with Crippen LogP contribution in [0.2, 0.25) is 0 Å². The average Bonchev–Trinajstić information content (AvgIpc) is 2.52. The molecule has 0 radical (unpaired) electrons. The first-order chi connectivity index (χ1) is 12.2. The first-order valence-electron chi connectivity index (χ1n) is 7.67. The molecule has 0 aliphatic rings. The molecule has 0 spiro atoms. The number of hydrogen-bond acceptors (Lipinski definition) is 4. The minimum Gasteiger partial charge on any atom is -0.375 e. The van der Waals surface area contributed by atoms with E-state index >= 15 is 0 Å². The number of hydrogen-bond donors (Lipinski definition) is 4. The van der Waals surface area contributed by atoms with Crippen LogP contribution < -0.4 is 21.9 Å². The van der Waals surface area contributed by atoms with Crippen LogP contribution in [-0.2, 0) is 11.2 Å². The maximum absolute atomic E-state index is 12.3. The molecule has 0 atom stereocenters. The Morgan fingerprint density at radius 2 is 1.77 bits per heavy atom. The van der Waals surface area contributed by atoms with Gasteiger partial charge in [-0.15, -0.1) is 0 Å². The molecular weight excluding hydrogens is 353 g/mol. The van der Waals surface area contributed by atoms with Gasteiger partial charge in [0.15, 0.2) is 0 Å². The number of amides is 1. The lowest BCUT2D eigenvalue weighted by molar-refractivity contribution is -0.116. The van der Waals surface area contributed by atoms with Crippen molar-refractivity contribution in [3.8, 4) is 0 Å². The zero-order chi connectivity index (χ0) is 19.3. The molecule has 0 unspecified atom stereocenters. The normalized spacial score (nSPS) is 11.2. The Bertz CT molecular complexity index is 903. The molecule has 26 heavy (non-hydrogen) atoms. The van der Waals surface area contributed by atoms with Gasteiger partial charge in [-0.05, 0) is 25.5 Å². The van der Waals surface area contributed by atoms with Crippen molar-refractivity contribution in [1.82, 2.24) is 9.97 Å². The summed E-state index contributed by atoms with van der Waals surface area (Å²) in [6.45, 7) is 0.312. The Kier molecular flexibility index (Phi) is 5.86. The van der Waals surface area contributed by atoms with Gasteiger partial charge < -0.3 is 15.6 Å². The van der Waals surface area contributed by atoms with Gasteiger partial charge in [0.25, 0.3) is 5.56 Å². The first kappa shape index (κ1) is 19.3. The summed E-state index contributed by atoms with van der Waals surface area (Å²) in [5.74, 6) is -0.476. The molecule has 0 saturated carbocycles. The number of alkyl halides is 3. The van der Waals surface area contributed by atoms with Crippen molar-refractivity contribution in [2.24, 2.45) is 0 Å². The van der Waals surface area contributed by atoms with Crippen molar-refractivity contribution in [1.29, 1.82) is 0 Å². The maximum Gasteiger partial charge on any atom is 0.405 e.